The Morgan fingerprint density at radius 2 is 1.98 bits per heavy atom. The number of H-pyrrole nitrogens is 1. The number of halogens is 2. The van der Waals surface area contributed by atoms with Gasteiger partial charge in [0.25, 0.3) is 0 Å². The minimum Gasteiger partial charge on any atom is -1.00 e. The second kappa shape index (κ2) is 12.4. The summed E-state index contributed by atoms with van der Waals surface area (Å²) in [4.78, 5) is 20.0. The molecular formula is C30H38Cl2N4O4. The topological polar surface area (TPSA) is 95.6 Å². The minimum absolute atomic E-state index is 0. The summed E-state index contributed by atoms with van der Waals surface area (Å²) in [6, 6.07) is 16.5. The number of nitrogens with zero attached hydrogens (tertiary/aromatic N) is 2. The quantitative estimate of drug-likeness (QED) is 0.342. The molecule has 2 aromatic carbocycles. The van der Waals surface area contributed by atoms with E-state index in [2.05, 4.69) is 70.6 Å². The highest BCUT2D eigenvalue weighted by molar-refractivity contribution is 5.82. The molecule has 4 heterocycles. The lowest BCUT2D eigenvalue weighted by Crippen LogP contribution is -3.00. The van der Waals surface area contributed by atoms with Gasteiger partial charge in [-0.25, -0.2) is 9.51 Å². The molecule has 40 heavy (non-hydrogen) atoms. The van der Waals surface area contributed by atoms with Gasteiger partial charge in [0.2, 0.25) is 5.91 Å². The first-order chi connectivity index (χ1) is 18.5. The lowest BCUT2D eigenvalue weighted by atomic mass is 9.68. The number of likely N-dealkylation sites (tertiary alicyclic amines) is 1. The number of hydrogen-bond acceptors (Lipinski definition) is 5. The number of aromatic amines is 1. The fourth-order valence-electron chi connectivity index (χ4n) is 6.84. The molecule has 216 valence electrons. The molecule has 8 nitrogen and oxygen atoms in total. The maximum Gasteiger partial charge on any atom is 0.349 e. The van der Waals surface area contributed by atoms with E-state index in [0.29, 0.717) is 25.0 Å². The molecule has 2 saturated heterocycles. The number of amides is 1. The van der Waals surface area contributed by atoms with E-state index < -0.39 is 0 Å². The van der Waals surface area contributed by atoms with Crippen molar-refractivity contribution in [3.63, 3.8) is 0 Å². The average Bonchev–Trinajstić information content (AvgIpc) is 3.61. The first-order valence-electron chi connectivity index (χ1n) is 13.9. The fourth-order valence-corrected chi connectivity index (χ4v) is 6.84. The molecule has 10 heteroatoms. The Hall–Kier alpha value is -2.81. The van der Waals surface area contributed by atoms with Gasteiger partial charge in [-0.2, -0.15) is 0 Å². The highest BCUT2D eigenvalue weighted by Gasteiger charge is 2.56. The summed E-state index contributed by atoms with van der Waals surface area (Å²) in [6.45, 7) is 7.07. The molecule has 0 bridgehead atoms. The molecule has 4 atom stereocenters. The standard InChI is InChI=1S/C30H36N4O4.2ClH/c1-19(2)27-32-28(38-33-27)24-16-21(20-8-5-4-6-9-20)12-14-34(24)29(35)23-17-31-18-30(23)13-15-37-26-22(30)10-7-11-25(26)36-3;;/h4-11,19,21,23-24,31H,12-18H2,1-3H3;2*1H/t21-,23+,24+,30+;;/m1../s1. The number of hydrogen-bond donors (Lipinski definition) is 1. The molecule has 1 aromatic heterocycles. The van der Waals surface area contributed by atoms with E-state index in [4.69, 9.17) is 14.0 Å². The van der Waals surface area contributed by atoms with Crippen molar-refractivity contribution in [2.45, 2.75) is 56.4 Å². The van der Waals surface area contributed by atoms with Crippen LogP contribution < -0.4 is 44.6 Å². The van der Waals surface area contributed by atoms with Crippen LogP contribution in [0.4, 0.5) is 0 Å². The largest absolute Gasteiger partial charge is 1.00 e. The maximum atomic E-state index is 14.6. The number of nitrogens with one attached hydrogen (secondary N) is 1. The van der Waals surface area contributed by atoms with Crippen LogP contribution in [0.25, 0.3) is 0 Å². The van der Waals surface area contributed by atoms with E-state index >= 15 is 0 Å². The summed E-state index contributed by atoms with van der Waals surface area (Å²) < 4.78 is 17.6. The van der Waals surface area contributed by atoms with Gasteiger partial charge in [-0.05, 0) is 36.8 Å². The van der Waals surface area contributed by atoms with Gasteiger partial charge in [-0.1, -0.05) is 56.3 Å². The van der Waals surface area contributed by atoms with Crippen LogP contribution in [0.5, 0.6) is 11.5 Å². The fraction of sp³-hybridized carbons (Fsp3) is 0.500. The van der Waals surface area contributed by atoms with Gasteiger partial charge in [0.15, 0.2) is 16.7 Å². The van der Waals surface area contributed by atoms with E-state index in [1.165, 1.54) is 5.56 Å². The molecule has 3 aromatic rings. The summed E-state index contributed by atoms with van der Waals surface area (Å²) in [7, 11) is 1.67. The predicted octanol–water partition coefficient (Wildman–Crippen LogP) is -3.01. The molecule has 1 amide bonds. The summed E-state index contributed by atoms with van der Waals surface area (Å²) in [5.41, 5.74) is 2.12. The SMILES string of the molecule is COc1cccc2c1OCC[C@]21C[NH2+]C[C@H]1C(=O)N1CC[C@@H](c2ccccc2)C[C@H]1c1[nH+]c(C(C)C)no1.[Cl-].[Cl-]. The highest BCUT2D eigenvalue weighted by atomic mass is 35.5. The van der Waals surface area contributed by atoms with Crippen molar-refractivity contribution in [2.75, 3.05) is 33.4 Å². The molecule has 3 N–H and O–H groups in total. The normalized spacial score (nSPS) is 25.5. The van der Waals surface area contributed by atoms with E-state index in [9.17, 15) is 4.79 Å². The second-order valence-electron chi connectivity index (χ2n) is 11.3. The van der Waals surface area contributed by atoms with Gasteiger partial charge in [0, 0.05) is 12.1 Å². The Morgan fingerprint density at radius 1 is 1.18 bits per heavy atom. The zero-order chi connectivity index (χ0) is 26.3. The zero-order valence-corrected chi connectivity index (χ0v) is 24.8. The van der Waals surface area contributed by atoms with Crippen molar-refractivity contribution >= 4 is 5.91 Å². The molecule has 6 rings (SSSR count). The number of rotatable bonds is 5. The Bertz CT molecular complexity index is 1300. The molecule has 3 aliphatic heterocycles. The van der Waals surface area contributed by atoms with Gasteiger partial charge in [0.1, 0.15) is 12.0 Å². The molecular weight excluding hydrogens is 551 g/mol. The molecule has 0 unspecified atom stereocenters. The second-order valence-corrected chi connectivity index (χ2v) is 11.3. The summed E-state index contributed by atoms with van der Waals surface area (Å²) in [6.07, 6.45) is 2.54. The summed E-state index contributed by atoms with van der Waals surface area (Å²) in [5.74, 6) is 3.62. The zero-order valence-electron chi connectivity index (χ0n) is 23.2. The third-order valence-electron chi connectivity index (χ3n) is 8.91. The Balaban J connectivity index is 0.00000185. The van der Waals surface area contributed by atoms with Crippen LogP contribution in [-0.2, 0) is 10.2 Å². The smallest absolute Gasteiger partial charge is 0.349 e. The number of carbonyl (C=O) groups is 1. The van der Waals surface area contributed by atoms with Crippen molar-refractivity contribution in [1.82, 2.24) is 10.1 Å². The number of quaternary nitrogens is 1. The van der Waals surface area contributed by atoms with E-state index in [0.717, 1.165) is 55.2 Å². The van der Waals surface area contributed by atoms with Crippen LogP contribution in [0.2, 0.25) is 0 Å². The number of fused-ring (bicyclic) bond motifs is 2. The van der Waals surface area contributed by atoms with E-state index in [1.54, 1.807) is 7.11 Å². The molecule has 1 spiro atoms. The Kier molecular flexibility index (Phi) is 9.33. The Morgan fingerprint density at radius 3 is 2.70 bits per heavy atom. The van der Waals surface area contributed by atoms with Crippen molar-refractivity contribution in [2.24, 2.45) is 5.92 Å². The lowest BCUT2D eigenvalue weighted by Gasteiger charge is -2.42. The number of para-hydroxylation sites is 1. The third-order valence-corrected chi connectivity index (χ3v) is 8.91. The van der Waals surface area contributed by atoms with Crippen molar-refractivity contribution < 1.29 is 53.9 Å². The van der Waals surface area contributed by atoms with Crippen LogP contribution in [0.15, 0.2) is 53.1 Å². The van der Waals surface area contributed by atoms with Crippen LogP contribution in [-0.4, -0.2) is 49.3 Å². The van der Waals surface area contributed by atoms with E-state index in [1.807, 2.05) is 12.1 Å². The Labute approximate surface area is 248 Å². The number of nitrogens with two attached hydrogens (primary N) is 1. The lowest BCUT2D eigenvalue weighted by molar-refractivity contribution is -0.640. The number of carbonyl (C=O) groups excluding carboxylic acids is 1. The predicted molar refractivity (Wildman–Crippen MR) is 140 cm³/mol. The van der Waals surface area contributed by atoms with Gasteiger partial charge >= 0.3 is 11.7 Å². The number of ether oxygens (including phenoxy) is 2. The van der Waals surface area contributed by atoms with Crippen molar-refractivity contribution in [3.05, 3.63) is 71.4 Å². The summed E-state index contributed by atoms with van der Waals surface area (Å²) >= 11 is 0. The summed E-state index contributed by atoms with van der Waals surface area (Å²) in [5, 5.41) is 6.60. The third kappa shape index (κ3) is 5.17. The molecule has 0 saturated carbocycles. The highest BCUT2D eigenvalue weighted by Crippen LogP contribution is 2.49. The van der Waals surface area contributed by atoms with Crippen LogP contribution in [0, 0.1) is 5.92 Å². The average molecular weight is 590 g/mol. The monoisotopic (exact) mass is 588 g/mol. The number of methoxy groups -OCH3 is 1. The first kappa shape index (κ1) is 30.2. The number of aromatic nitrogens is 2. The van der Waals surface area contributed by atoms with Gasteiger partial charge in [0.05, 0.1) is 38.1 Å². The van der Waals surface area contributed by atoms with Crippen molar-refractivity contribution in [3.8, 4) is 11.5 Å². The van der Waals surface area contributed by atoms with E-state index in [-0.39, 0.29) is 54.0 Å². The van der Waals surface area contributed by atoms with Gasteiger partial charge < -0.3 is 44.5 Å². The van der Waals surface area contributed by atoms with Crippen LogP contribution in [0.1, 0.15) is 73.8 Å². The van der Waals surface area contributed by atoms with Crippen LogP contribution in [0.3, 0.4) is 0 Å². The molecule has 0 radical (unpaired) electrons. The molecule has 2 fully saturated rings. The maximum absolute atomic E-state index is 14.6. The van der Waals surface area contributed by atoms with Gasteiger partial charge in [-0.15, -0.1) is 0 Å². The molecule has 0 aliphatic carbocycles. The van der Waals surface area contributed by atoms with Crippen LogP contribution >= 0.6 is 0 Å². The van der Waals surface area contributed by atoms with Gasteiger partial charge in [-0.3, -0.25) is 4.79 Å². The van der Waals surface area contributed by atoms with Crippen molar-refractivity contribution in [1.29, 1.82) is 0 Å². The number of piperidine rings is 1. The first-order valence-corrected chi connectivity index (χ1v) is 13.9. The number of benzene rings is 2. The minimum atomic E-state index is -0.283. The molecule has 3 aliphatic rings.